The molecule has 0 spiro atoms. The third kappa shape index (κ3) is 1.87. The lowest BCUT2D eigenvalue weighted by Crippen LogP contribution is -2.01. The largest absolute Gasteiger partial charge is 0.507 e. The molecule has 0 saturated heterocycles. The molecule has 4 nitrogen and oxygen atoms in total. The Labute approximate surface area is 115 Å². The molecule has 1 aromatic heterocycles. The van der Waals surface area contributed by atoms with Gasteiger partial charge in [-0.15, -0.1) is 0 Å². The summed E-state index contributed by atoms with van der Waals surface area (Å²) in [6.45, 7) is 0. The Morgan fingerprint density at radius 1 is 1.00 bits per heavy atom. The summed E-state index contributed by atoms with van der Waals surface area (Å²) in [7, 11) is 0. The molecule has 4 heteroatoms. The van der Waals surface area contributed by atoms with E-state index in [-0.39, 0.29) is 11.3 Å². The number of pyridine rings is 1. The van der Waals surface area contributed by atoms with Crippen molar-refractivity contribution in [1.82, 2.24) is 4.98 Å². The predicted molar refractivity (Wildman–Crippen MR) is 75.8 cm³/mol. The zero-order chi connectivity index (χ0) is 14.1. The molecule has 0 aliphatic heterocycles. The molecule has 98 valence electrons. The third-order valence-corrected chi connectivity index (χ3v) is 3.17. The molecular formula is C16H11NO3. The first-order valence-corrected chi connectivity index (χ1v) is 6.08. The van der Waals surface area contributed by atoms with Crippen LogP contribution in [0.25, 0.3) is 22.0 Å². The van der Waals surface area contributed by atoms with E-state index in [1.54, 1.807) is 12.1 Å². The van der Waals surface area contributed by atoms with Gasteiger partial charge < -0.3 is 10.2 Å². The number of fused-ring (bicyclic) bond motifs is 1. The molecule has 0 unspecified atom stereocenters. The van der Waals surface area contributed by atoms with Crippen molar-refractivity contribution in [2.24, 2.45) is 0 Å². The zero-order valence-electron chi connectivity index (χ0n) is 10.4. The molecule has 0 aliphatic carbocycles. The number of phenolic OH excluding ortho intramolecular Hbond substituents is 1. The summed E-state index contributed by atoms with van der Waals surface area (Å²) in [5, 5.41) is 19.9. The normalized spacial score (nSPS) is 10.6. The summed E-state index contributed by atoms with van der Waals surface area (Å²) in [6.07, 6.45) is 1.33. The summed E-state index contributed by atoms with van der Waals surface area (Å²) in [6, 6.07) is 14.1. The van der Waals surface area contributed by atoms with E-state index >= 15 is 0 Å². The molecular weight excluding hydrogens is 254 g/mol. The van der Waals surface area contributed by atoms with Crippen LogP contribution in [0.4, 0.5) is 0 Å². The molecule has 0 radical (unpaired) electrons. The minimum absolute atomic E-state index is 0.0250. The summed E-state index contributed by atoms with van der Waals surface area (Å²) in [5.74, 6) is -1.04. The van der Waals surface area contributed by atoms with E-state index in [1.165, 1.54) is 12.3 Å². The van der Waals surface area contributed by atoms with Gasteiger partial charge in [0.2, 0.25) is 0 Å². The van der Waals surface area contributed by atoms with Gasteiger partial charge in [0.05, 0.1) is 16.5 Å². The molecule has 0 bridgehead atoms. The fourth-order valence-corrected chi connectivity index (χ4v) is 2.29. The molecule has 0 fully saturated rings. The first-order chi connectivity index (χ1) is 9.68. The van der Waals surface area contributed by atoms with E-state index in [0.29, 0.717) is 16.5 Å². The lowest BCUT2D eigenvalue weighted by molar-refractivity contribution is 0.0697. The summed E-state index contributed by atoms with van der Waals surface area (Å²) < 4.78 is 0. The maximum absolute atomic E-state index is 11.4. The van der Waals surface area contributed by atoms with E-state index in [0.717, 1.165) is 5.56 Å². The van der Waals surface area contributed by atoms with Crippen molar-refractivity contribution in [3.05, 3.63) is 60.3 Å². The van der Waals surface area contributed by atoms with Crippen molar-refractivity contribution < 1.29 is 15.0 Å². The van der Waals surface area contributed by atoms with Crippen LogP contribution in [-0.2, 0) is 0 Å². The van der Waals surface area contributed by atoms with Crippen molar-refractivity contribution in [2.75, 3.05) is 0 Å². The van der Waals surface area contributed by atoms with Crippen LogP contribution < -0.4 is 0 Å². The van der Waals surface area contributed by atoms with Crippen LogP contribution in [0.1, 0.15) is 10.4 Å². The van der Waals surface area contributed by atoms with Crippen LogP contribution in [0.5, 0.6) is 5.75 Å². The number of carbonyl (C=O) groups is 1. The Kier molecular flexibility index (Phi) is 2.84. The summed E-state index contributed by atoms with van der Waals surface area (Å²) in [4.78, 5) is 15.5. The lowest BCUT2D eigenvalue weighted by Gasteiger charge is -2.11. The lowest BCUT2D eigenvalue weighted by atomic mass is 9.96. The second-order valence-corrected chi connectivity index (χ2v) is 4.39. The number of carboxylic acid groups (broad SMARTS) is 1. The Bertz CT molecular complexity index is 797. The highest BCUT2D eigenvalue weighted by atomic mass is 16.4. The van der Waals surface area contributed by atoms with E-state index in [1.807, 2.05) is 30.3 Å². The first-order valence-electron chi connectivity index (χ1n) is 6.08. The number of phenols is 1. The van der Waals surface area contributed by atoms with E-state index < -0.39 is 5.97 Å². The van der Waals surface area contributed by atoms with Gasteiger partial charge in [-0.2, -0.15) is 0 Å². The number of hydrogen-bond acceptors (Lipinski definition) is 3. The standard InChI is InChI=1S/C16H11NO3/c18-13-8-4-7-12-15(13)14(10-5-2-1-3-6-10)11(9-17-12)16(19)20/h1-9,18H,(H,19,20). The number of nitrogens with zero attached hydrogens (tertiary/aromatic N) is 1. The van der Waals surface area contributed by atoms with Crippen LogP contribution in [-0.4, -0.2) is 21.2 Å². The number of benzene rings is 2. The monoisotopic (exact) mass is 265 g/mol. The highest BCUT2D eigenvalue weighted by molar-refractivity contribution is 6.08. The molecule has 2 aromatic carbocycles. The Hall–Kier alpha value is -2.88. The maximum atomic E-state index is 11.4. The zero-order valence-corrected chi connectivity index (χ0v) is 10.4. The number of aromatic hydroxyl groups is 1. The van der Waals surface area contributed by atoms with Crippen LogP contribution in [0.15, 0.2) is 54.7 Å². The molecule has 0 amide bonds. The number of aromatic carboxylic acids is 1. The number of hydrogen-bond donors (Lipinski definition) is 2. The number of carboxylic acids is 1. The molecule has 3 aromatic rings. The average Bonchev–Trinajstić information content (AvgIpc) is 2.47. The smallest absolute Gasteiger partial charge is 0.337 e. The SMILES string of the molecule is O=C(O)c1cnc2cccc(O)c2c1-c1ccccc1. The Morgan fingerprint density at radius 3 is 2.45 bits per heavy atom. The van der Waals surface area contributed by atoms with Gasteiger partial charge in [0.1, 0.15) is 5.75 Å². The van der Waals surface area contributed by atoms with Gasteiger partial charge in [-0.05, 0) is 17.7 Å². The van der Waals surface area contributed by atoms with E-state index in [9.17, 15) is 15.0 Å². The second kappa shape index (κ2) is 4.66. The van der Waals surface area contributed by atoms with Gasteiger partial charge in [0.25, 0.3) is 0 Å². The molecule has 1 heterocycles. The van der Waals surface area contributed by atoms with Crippen molar-refractivity contribution in [3.8, 4) is 16.9 Å². The predicted octanol–water partition coefficient (Wildman–Crippen LogP) is 3.31. The van der Waals surface area contributed by atoms with E-state index in [4.69, 9.17) is 0 Å². The quantitative estimate of drug-likeness (QED) is 0.745. The van der Waals surface area contributed by atoms with Gasteiger partial charge in [-0.3, -0.25) is 4.98 Å². The van der Waals surface area contributed by atoms with Crippen molar-refractivity contribution in [3.63, 3.8) is 0 Å². The minimum Gasteiger partial charge on any atom is -0.507 e. The molecule has 0 saturated carbocycles. The molecule has 2 N–H and O–H groups in total. The van der Waals surface area contributed by atoms with Gasteiger partial charge in [0.15, 0.2) is 0 Å². The third-order valence-electron chi connectivity index (χ3n) is 3.17. The molecule has 0 atom stereocenters. The van der Waals surface area contributed by atoms with E-state index in [2.05, 4.69) is 4.98 Å². The highest BCUT2D eigenvalue weighted by Gasteiger charge is 2.18. The minimum atomic E-state index is -1.07. The van der Waals surface area contributed by atoms with Crippen LogP contribution in [0, 0.1) is 0 Å². The summed E-state index contributed by atoms with van der Waals surface area (Å²) in [5.41, 5.74) is 1.86. The first kappa shape index (κ1) is 12.2. The molecule has 0 aliphatic rings. The highest BCUT2D eigenvalue weighted by Crippen LogP contribution is 2.36. The van der Waals surface area contributed by atoms with Crippen LogP contribution in [0.2, 0.25) is 0 Å². The number of rotatable bonds is 2. The van der Waals surface area contributed by atoms with Crippen molar-refractivity contribution >= 4 is 16.9 Å². The number of aromatic nitrogens is 1. The topological polar surface area (TPSA) is 70.4 Å². The fraction of sp³-hybridized carbons (Fsp3) is 0. The van der Waals surface area contributed by atoms with Gasteiger partial charge in [-0.25, -0.2) is 4.79 Å². The van der Waals surface area contributed by atoms with Crippen molar-refractivity contribution in [2.45, 2.75) is 0 Å². The molecule has 20 heavy (non-hydrogen) atoms. The maximum Gasteiger partial charge on any atom is 0.337 e. The fourth-order valence-electron chi connectivity index (χ4n) is 2.29. The second-order valence-electron chi connectivity index (χ2n) is 4.39. The Morgan fingerprint density at radius 2 is 1.75 bits per heavy atom. The summed E-state index contributed by atoms with van der Waals surface area (Å²) >= 11 is 0. The van der Waals surface area contributed by atoms with Crippen LogP contribution >= 0.6 is 0 Å². The average molecular weight is 265 g/mol. The van der Waals surface area contributed by atoms with Crippen LogP contribution in [0.3, 0.4) is 0 Å². The molecule has 3 rings (SSSR count). The van der Waals surface area contributed by atoms with Gasteiger partial charge in [-0.1, -0.05) is 36.4 Å². The Balaban J connectivity index is 2.48. The van der Waals surface area contributed by atoms with Crippen molar-refractivity contribution in [1.29, 1.82) is 0 Å². The van der Waals surface area contributed by atoms with Gasteiger partial charge in [0, 0.05) is 11.8 Å². The van der Waals surface area contributed by atoms with Gasteiger partial charge >= 0.3 is 5.97 Å².